The molecule has 0 radical (unpaired) electrons. The van der Waals surface area contributed by atoms with Gasteiger partial charge in [-0.2, -0.15) is 0 Å². The number of aliphatic hydroxyl groups is 1. The van der Waals surface area contributed by atoms with Gasteiger partial charge < -0.3 is 14.6 Å². The van der Waals surface area contributed by atoms with Gasteiger partial charge in [-0.3, -0.25) is 0 Å². The molecule has 0 aliphatic heterocycles. The number of carbonyl (C=O) groups excluding carboxylic acids is 1. The van der Waals surface area contributed by atoms with Crippen LogP contribution in [0.25, 0.3) is 10.9 Å². The van der Waals surface area contributed by atoms with Crippen molar-refractivity contribution in [2.24, 2.45) is 0 Å². The molecular formula is C20H24N2O4S. The SMILES string of the molecule is Cc1c(C(C)O)c2cc(OCc3nccs3)ccc2n1C(=O)OC(C)(C)C. The Bertz CT molecular complexity index is 953. The molecule has 2 aromatic heterocycles. The second-order valence-corrected chi connectivity index (χ2v) is 8.36. The van der Waals surface area contributed by atoms with Crippen LogP contribution in [-0.2, 0) is 11.3 Å². The summed E-state index contributed by atoms with van der Waals surface area (Å²) in [4.78, 5) is 16.9. The summed E-state index contributed by atoms with van der Waals surface area (Å²) in [5, 5.41) is 13.8. The first kappa shape index (κ1) is 19.4. The van der Waals surface area contributed by atoms with Crippen LogP contribution in [0.2, 0.25) is 0 Å². The third-order valence-corrected chi connectivity index (χ3v) is 4.82. The van der Waals surface area contributed by atoms with Gasteiger partial charge in [0.25, 0.3) is 0 Å². The Balaban J connectivity index is 2.02. The standard InChI is InChI=1S/C20H24N2O4S/c1-12-18(13(2)23)15-10-14(25-11-17-21-8-9-27-17)6-7-16(15)22(12)19(24)26-20(3,4)5/h6-10,13,23H,11H2,1-5H3. The fourth-order valence-corrected chi connectivity index (χ4v) is 3.58. The Hall–Kier alpha value is -2.38. The lowest BCUT2D eigenvalue weighted by molar-refractivity contribution is 0.0541. The van der Waals surface area contributed by atoms with Gasteiger partial charge in [-0.15, -0.1) is 11.3 Å². The first-order valence-electron chi connectivity index (χ1n) is 8.75. The van der Waals surface area contributed by atoms with Gasteiger partial charge in [0.15, 0.2) is 0 Å². The summed E-state index contributed by atoms with van der Waals surface area (Å²) < 4.78 is 12.9. The smallest absolute Gasteiger partial charge is 0.419 e. The number of thiazole rings is 1. The van der Waals surface area contributed by atoms with Crippen LogP contribution in [0, 0.1) is 6.92 Å². The molecule has 0 amide bonds. The van der Waals surface area contributed by atoms with Gasteiger partial charge in [0.1, 0.15) is 23.0 Å². The molecule has 27 heavy (non-hydrogen) atoms. The van der Waals surface area contributed by atoms with Crippen molar-refractivity contribution in [3.8, 4) is 5.75 Å². The normalized spacial score (nSPS) is 13.0. The number of ether oxygens (including phenoxy) is 2. The van der Waals surface area contributed by atoms with E-state index in [1.807, 2.05) is 51.3 Å². The highest BCUT2D eigenvalue weighted by atomic mass is 32.1. The fraction of sp³-hybridized carbons (Fsp3) is 0.400. The van der Waals surface area contributed by atoms with Crippen LogP contribution in [0.15, 0.2) is 29.8 Å². The van der Waals surface area contributed by atoms with Crippen molar-refractivity contribution in [3.63, 3.8) is 0 Å². The number of aliphatic hydroxyl groups excluding tert-OH is 1. The lowest BCUT2D eigenvalue weighted by atomic mass is 10.1. The van der Waals surface area contributed by atoms with Crippen LogP contribution in [0.5, 0.6) is 5.75 Å². The highest BCUT2D eigenvalue weighted by Gasteiger charge is 2.25. The lowest BCUT2D eigenvalue weighted by Crippen LogP contribution is -2.27. The molecule has 0 bridgehead atoms. The number of rotatable bonds is 4. The van der Waals surface area contributed by atoms with E-state index in [0.717, 1.165) is 10.4 Å². The molecule has 0 saturated heterocycles. The minimum absolute atomic E-state index is 0.374. The molecule has 2 heterocycles. The Kier molecular flexibility index (Phi) is 5.26. The van der Waals surface area contributed by atoms with E-state index in [0.29, 0.717) is 29.1 Å². The molecular weight excluding hydrogens is 364 g/mol. The van der Waals surface area contributed by atoms with E-state index in [4.69, 9.17) is 9.47 Å². The average Bonchev–Trinajstić information content (AvgIpc) is 3.15. The lowest BCUT2D eigenvalue weighted by Gasteiger charge is -2.20. The van der Waals surface area contributed by atoms with E-state index in [1.54, 1.807) is 13.1 Å². The first-order valence-corrected chi connectivity index (χ1v) is 9.63. The van der Waals surface area contributed by atoms with Gasteiger partial charge in [0.2, 0.25) is 0 Å². The van der Waals surface area contributed by atoms with Crippen LogP contribution < -0.4 is 4.74 Å². The van der Waals surface area contributed by atoms with Crippen LogP contribution in [-0.4, -0.2) is 26.4 Å². The van der Waals surface area contributed by atoms with Gasteiger partial charge in [0, 0.05) is 28.2 Å². The topological polar surface area (TPSA) is 73.6 Å². The second kappa shape index (κ2) is 7.32. The molecule has 7 heteroatoms. The number of benzene rings is 1. The maximum atomic E-state index is 12.7. The number of nitrogens with zero attached hydrogens (tertiary/aromatic N) is 2. The van der Waals surface area contributed by atoms with E-state index < -0.39 is 17.8 Å². The largest absolute Gasteiger partial charge is 0.486 e. The molecule has 144 valence electrons. The fourth-order valence-electron chi connectivity index (χ4n) is 3.05. The highest BCUT2D eigenvalue weighted by molar-refractivity contribution is 7.09. The van der Waals surface area contributed by atoms with Gasteiger partial charge in [0.05, 0.1) is 11.6 Å². The predicted octanol–water partition coefficient (Wildman–Crippen LogP) is 4.82. The third kappa shape index (κ3) is 4.14. The zero-order chi connectivity index (χ0) is 19.8. The zero-order valence-electron chi connectivity index (χ0n) is 16.1. The Morgan fingerprint density at radius 3 is 2.70 bits per heavy atom. The summed E-state index contributed by atoms with van der Waals surface area (Å²) in [6.07, 6.45) is 0.543. The van der Waals surface area contributed by atoms with Crippen molar-refractivity contribution in [2.75, 3.05) is 0 Å². The van der Waals surface area contributed by atoms with Crippen LogP contribution in [0.1, 0.15) is 50.1 Å². The maximum Gasteiger partial charge on any atom is 0.419 e. The molecule has 6 nitrogen and oxygen atoms in total. The maximum absolute atomic E-state index is 12.7. The molecule has 0 saturated carbocycles. The number of aromatic nitrogens is 2. The Morgan fingerprint density at radius 1 is 1.37 bits per heavy atom. The zero-order valence-corrected chi connectivity index (χ0v) is 17.0. The van der Waals surface area contributed by atoms with Crippen molar-refractivity contribution >= 4 is 28.3 Å². The van der Waals surface area contributed by atoms with Crippen LogP contribution in [0.3, 0.4) is 0 Å². The molecule has 1 N–H and O–H groups in total. The molecule has 0 aliphatic carbocycles. The first-order chi connectivity index (χ1) is 12.7. The summed E-state index contributed by atoms with van der Waals surface area (Å²) >= 11 is 1.53. The van der Waals surface area contributed by atoms with Crippen molar-refractivity contribution < 1.29 is 19.4 Å². The van der Waals surface area contributed by atoms with E-state index in [1.165, 1.54) is 15.9 Å². The quantitative estimate of drug-likeness (QED) is 0.693. The second-order valence-electron chi connectivity index (χ2n) is 7.38. The third-order valence-electron chi connectivity index (χ3n) is 4.06. The molecule has 1 atom stereocenters. The van der Waals surface area contributed by atoms with Crippen molar-refractivity contribution in [1.82, 2.24) is 9.55 Å². The Morgan fingerprint density at radius 2 is 2.11 bits per heavy atom. The summed E-state index contributed by atoms with van der Waals surface area (Å²) in [7, 11) is 0. The minimum atomic E-state index is -0.731. The van der Waals surface area contributed by atoms with E-state index >= 15 is 0 Å². The van der Waals surface area contributed by atoms with Crippen molar-refractivity contribution in [3.05, 3.63) is 46.0 Å². The number of fused-ring (bicyclic) bond motifs is 1. The van der Waals surface area contributed by atoms with Gasteiger partial charge >= 0.3 is 6.09 Å². The molecule has 3 rings (SSSR count). The molecule has 0 fully saturated rings. The minimum Gasteiger partial charge on any atom is -0.486 e. The molecule has 0 aliphatic rings. The highest BCUT2D eigenvalue weighted by Crippen LogP contribution is 2.34. The predicted molar refractivity (Wildman–Crippen MR) is 105 cm³/mol. The van der Waals surface area contributed by atoms with Crippen molar-refractivity contribution in [2.45, 2.75) is 52.9 Å². The number of hydrogen-bond donors (Lipinski definition) is 1. The van der Waals surface area contributed by atoms with E-state index in [9.17, 15) is 9.90 Å². The van der Waals surface area contributed by atoms with Gasteiger partial charge in [-0.25, -0.2) is 14.3 Å². The monoisotopic (exact) mass is 388 g/mol. The molecule has 0 spiro atoms. The Labute approximate surface area is 162 Å². The molecule has 3 aromatic rings. The molecule has 1 unspecified atom stereocenters. The van der Waals surface area contributed by atoms with E-state index in [-0.39, 0.29) is 0 Å². The van der Waals surface area contributed by atoms with Crippen LogP contribution in [0.4, 0.5) is 4.79 Å². The molecule has 1 aromatic carbocycles. The average molecular weight is 388 g/mol. The van der Waals surface area contributed by atoms with E-state index in [2.05, 4.69) is 4.98 Å². The van der Waals surface area contributed by atoms with Crippen LogP contribution >= 0.6 is 11.3 Å². The van der Waals surface area contributed by atoms with Crippen molar-refractivity contribution in [1.29, 1.82) is 0 Å². The van der Waals surface area contributed by atoms with Gasteiger partial charge in [-0.1, -0.05) is 0 Å². The summed E-state index contributed by atoms with van der Waals surface area (Å²) in [6.45, 7) is 9.34. The number of hydrogen-bond acceptors (Lipinski definition) is 6. The van der Waals surface area contributed by atoms with Gasteiger partial charge in [-0.05, 0) is 52.8 Å². The number of carbonyl (C=O) groups is 1. The summed E-state index contributed by atoms with van der Waals surface area (Å²) in [5.41, 5.74) is 1.42. The summed E-state index contributed by atoms with van der Waals surface area (Å²) in [6, 6.07) is 5.47. The summed E-state index contributed by atoms with van der Waals surface area (Å²) in [5.74, 6) is 0.654.